The lowest BCUT2D eigenvalue weighted by molar-refractivity contribution is 0.585. The van der Waals surface area contributed by atoms with Crippen LogP contribution in [0.3, 0.4) is 0 Å². The van der Waals surface area contributed by atoms with Crippen LogP contribution >= 0.6 is 45.9 Å². The Balaban J connectivity index is 1.67. The fourth-order valence-corrected chi connectivity index (χ4v) is 6.76. The van der Waals surface area contributed by atoms with Crippen LogP contribution < -0.4 is 14.9 Å². The Morgan fingerprint density at radius 1 is 1.06 bits per heavy atom. The molecule has 4 aromatic rings. The second-order valence-electron chi connectivity index (χ2n) is 7.79. The third kappa shape index (κ3) is 3.23. The van der Waals surface area contributed by atoms with Gasteiger partial charge >= 0.3 is 0 Å². The summed E-state index contributed by atoms with van der Waals surface area (Å²) in [5.74, 6) is 0. The standard InChI is InChI=1S/C25H16Cl2N2OS2/c26-15-8-10-18(20(27)12-15)23-19-9-7-14-4-1-2-6-17(14)22(19)28-25-29(23)24(30)21(32-25)13-16-5-3-11-31-16/h1-6,8,10-13,23H,7,9H2. The molecule has 0 saturated heterocycles. The topological polar surface area (TPSA) is 34.4 Å². The van der Waals surface area contributed by atoms with Crippen LogP contribution in [0.5, 0.6) is 0 Å². The highest BCUT2D eigenvalue weighted by atomic mass is 35.5. The van der Waals surface area contributed by atoms with Crippen molar-refractivity contribution in [2.45, 2.75) is 18.9 Å². The van der Waals surface area contributed by atoms with E-state index in [0.717, 1.165) is 40.1 Å². The van der Waals surface area contributed by atoms with E-state index in [1.807, 2.05) is 46.4 Å². The predicted molar refractivity (Wildman–Crippen MR) is 134 cm³/mol. The maximum atomic E-state index is 13.6. The van der Waals surface area contributed by atoms with E-state index in [9.17, 15) is 4.79 Å². The summed E-state index contributed by atoms with van der Waals surface area (Å²) in [4.78, 5) is 20.4. The van der Waals surface area contributed by atoms with Crippen molar-refractivity contribution in [3.05, 3.63) is 117 Å². The maximum absolute atomic E-state index is 13.6. The number of allylic oxidation sites excluding steroid dienone is 1. The first-order valence-electron chi connectivity index (χ1n) is 10.2. The molecule has 6 rings (SSSR count). The lowest BCUT2D eigenvalue weighted by Crippen LogP contribution is -2.38. The predicted octanol–water partition coefficient (Wildman–Crippen LogP) is 5.69. The van der Waals surface area contributed by atoms with Gasteiger partial charge in [-0.05, 0) is 59.2 Å². The first-order valence-corrected chi connectivity index (χ1v) is 12.7. The molecule has 0 spiro atoms. The molecular formula is C25H16Cl2N2OS2. The van der Waals surface area contributed by atoms with Crippen LogP contribution in [-0.4, -0.2) is 4.57 Å². The molecule has 0 amide bonds. The fraction of sp³-hybridized carbons (Fsp3) is 0.120. The van der Waals surface area contributed by atoms with Crippen LogP contribution in [0.15, 0.2) is 75.3 Å². The van der Waals surface area contributed by atoms with Crippen molar-refractivity contribution >= 4 is 57.6 Å². The summed E-state index contributed by atoms with van der Waals surface area (Å²) in [6.45, 7) is 0. The molecule has 1 aliphatic heterocycles. The molecule has 0 radical (unpaired) electrons. The molecule has 2 aromatic heterocycles. The van der Waals surface area contributed by atoms with Crippen molar-refractivity contribution in [3.63, 3.8) is 0 Å². The second-order valence-corrected chi connectivity index (χ2v) is 10.6. The number of aryl methyl sites for hydroxylation is 1. The Kier molecular flexibility index (Phi) is 4.95. The van der Waals surface area contributed by atoms with Gasteiger partial charge in [0.05, 0.1) is 16.3 Å². The number of nitrogens with zero attached hydrogens (tertiary/aromatic N) is 2. The molecular weight excluding hydrogens is 479 g/mol. The minimum Gasteiger partial charge on any atom is -0.272 e. The average molecular weight is 495 g/mol. The van der Waals surface area contributed by atoms with Gasteiger partial charge in [-0.25, -0.2) is 4.99 Å². The highest BCUT2D eigenvalue weighted by molar-refractivity contribution is 7.11. The summed E-state index contributed by atoms with van der Waals surface area (Å²) in [6.07, 6.45) is 3.69. The average Bonchev–Trinajstić information content (AvgIpc) is 3.41. The minimum absolute atomic E-state index is 0.0384. The number of rotatable bonds is 2. The van der Waals surface area contributed by atoms with E-state index in [-0.39, 0.29) is 11.6 Å². The van der Waals surface area contributed by atoms with Gasteiger partial charge in [-0.2, -0.15) is 0 Å². The van der Waals surface area contributed by atoms with E-state index in [0.29, 0.717) is 19.4 Å². The SMILES string of the molecule is O=c1c(=Cc2cccs2)sc2n1C(c1ccc(Cl)cc1Cl)C1=C(N=2)c2ccccc2CC1. The van der Waals surface area contributed by atoms with Gasteiger partial charge in [-0.15, -0.1) is 11.3 Å². The van der Waals surface area contributed by atoms with Gasteiger partial charge in [0.1, 0.15) is 0 Å². The Bertz CT molecular complexity index is 1580. The quantitative estimate of drug-likeness (QED) is 0.352. The smallest absolute Gasteiger partial charge is 0.271 e. The molecule has 3 heterocycles. The number of hydrogen-bond acceptors (Lipinski definition) is 4. The molecule has 7 heteroatoms. The largest absolute Gasteiger partial charge is 0.272 e. The Morgan fingerprint density at radius 3 is 2.75 bits per heavy atom. The van der Waals surface area contributed by atoms with Crippen molar-refractivity contribution < 1.29 is 0 Å². The zero-order chi connectivity index (χ0) is 21.8. The van der Waals surface area contributed by atoms with Gasteiger partial charge in [0, 0.05) is 20.5 Å². The van der Waals surface area contributed by atoms with Gasteiger partial charge in [0.25, 0.3) is 5.56 Å². The third-order valence-electron chi connectivity index (χ3n) is 5.95. The monoisotopic (exact) mass is 494 g/mol. The summed E-state index contributed by atoms with van der Waals surface area (Å²) in [6, 6.07) is 17.6. The molecule has 2 aromatic carbocycles. The molecule has 158 valence electrons. The van der Waals surface area contributed by atoms with Crippen LogP contribution in [-0.2, 0) is 6.42 Å². The number of fused-ring (bicyclic) bond motifs is 3. The van der Waals surface area contributed by atoms with E-state index in [1.165, 1.54) is 16.9 Å². The van der Waals surface area contributed by atoms with E-state index >= 15 is 0 Å². The van der Waals surface area contributed by atoms with Crippen LogP contribution in [0.25, 0.3) is 11.8 Å². The summed E-state index contributed by atoms with van der Waals surface area (Å²) in [5, 5.41) is 3.14. The van der Waals surface area contributed by atoms with Crippen LogP contribution in [0.4, 0.5) is 0 Å². The first kappa shape index (κ1) is 20.2. The number of aromatic nitrogens is 1. The van der Waals surface area contributed by atoms with Crippen LogP contribution in [0.1, 0.15) is 34.0 Å². The summed E-state index contributed by atoms with van der Waals surface area (Å²) >= 11 is 15.9. The van der Waals surface area contributed by atoms with Crippen molar-refractivity contribution in [2.75, 3.05) is 0 Å². The molecule has 0 fully saturated rings. The molecule has 3 nitrogen and oxygen atoms in total. The van der Waals surface area contributed by atoms with E-state index in [4.69, 9.17) is 28.2 Å². The van der Waals surface area contributed by atoms with Gasteiger partial charge < -0.3 is 0 Å². The number of thiophene rings is 1. The summed E-state index contributed by atoms with van der Waals surface area (Å²) < 4.78 is 2.49. The highest BCUT2D eigenvalue weighted by Gasteiger charge is 2.33. The van der Waals surface area contributed by atoms with Crippen LogP contribution in [0.2, 0.25) is 10.0 Å². The molecule has 1 atom stereocenters. The van der Waals surface area contributed by atoms with Gasteiger partial charge in [0.2, 0.25) is 0 Å². The Morgan fingerprint density at radius 2 is 1.94 bits per heavy atom. The highest BCUT2D eigenvalue weighted by Crippen LogP contribution is 2.43. The van der Waals surface area contributed by atoms with Crippen molar-refractivity contribution in [1.29, 1.82) is 0 Å². The molecule has 0 N–H and O–H groups in total. The van der Waals surface area contributed by atoms with E-state index < -0.39 is 0 Å². The van der Waals surface area contributed by atoms with E-state index in [2.05, 4.69) is 18.2 Å². The molecule has 1 unspecified atom stereocenters. The Hall–Kier alpha value is -2.44. The zero-order valence-electron chi connectivity index (χ0n) is 16.7. The van der Waals surface area contributed by atoms with Crippen molar-refractivity contribution in [2.24, 2.45) is 4.99 Å². The molecule has 2 aliphatic rings. The normalized spacial score (nSPS) is 17.6. The van der Waals surface area contributed by atoms with Crippen molar-refractivity contribution in [3.8, 4) is 0 Å². The summed E-state index contributed by atoms with van der Waals surface area (Å²) in [7, 11) is 0. The van der Waals surface area contributed by atoms with Crippen LogP contribution in [0, 0.1) is 0 Å². The van der Waals surface area contributed by atoms with Gasteiger partial charge in [0.15, 0.2) is 4.80 Å². The summed E-state index contributed by atoms with van der Waals surface area (Å²) in [5.41, 5.74) is 5.36. The van der Waals surface area contributed by atoms with Crippen molar-refractivity contribution in [1.82, 2.24) is 4.57 Å². The third-order valence-corrected chi connectivity index (χ3v) is 8.31. The Labute approximate surface area is 202 Å². The maximum Gasteiger partial charge on any atom is 0.271 e. The molecule has 1 aliphatic carbocycles. The number of benzene rings is 2. The van der Waals surface area contributed by atoms with Gasteiger partial charge in [-0.1, -0.05) is 70.9 Å². The lowest BCUT2D eigenvalue weighted by atomic mass is 9.83. The molecule has 0 bridgehead atoms. The zero-order valence-corrected chi connectivity index (χ0v) is 19.9. The van der Waals surface area contributed by atoms with E-state index in [1.54, 1.807) is 17.4 Å². The fourth-order valence-electron chi connectivity index (χ4n) is 4.52. The minimum atomic E-state index is -0.301. The lowest BCUT2D eigenvalue weighted by Gasteiger charge is -2.31. The van der Waals surface area contributed by atoms with Gasteiger partial charge in [-0.3, -0.25) is 9.36 Å². The second kappa shape index (κ2) is 7.85. The number of halogens is 2. The number of hydrogen-bond donors (Lipinski definition) is 0. The first-order chi connectivity index (χ1) is 15.6. The molecule has 0 saturated carbocycles. The molecule has 32 heavy (non-hydrogen) atoms. The number of thiazole rings is 1.